The van der Waals surface area contributed by atoms with Gasteiger partial charge in [0.15, 0.2) is 11.7 Å². The van der Waals surface area contributed by atoms with Crippen LogP contribution in [0.5, 0.6) is 0 Å². The van der Waals surface area contributed by atoms with Crippen LogP contribution in [0.3, 0.4) is 0 Å². The molecule has 0 aliphatic carbocycles. The number of carbonyl (C=O) groups excluding carboxylic acids is 2. The maximum absolute atomic E-state index is 12.3. The largest absolute Gasteiger partial charge is 0.370 e. The molecule has 5 heteroatoms. The molecule has 5 nitrogen and oxygen atoms in total. The lowest BCUT2D eigenvalue weighted by Crippen LogP contribution is -2.23. The number of nitrogens with two attached hydrogens (primary N) is 2. The fourth-order valence-corrected chi connectivity index (χ4v) is 1.87. The molecule has 0 aliphatic rings. The van der Waals surface area contributed by atoms with Gasteiger partial charge in [-0.15, -0.1) is 0 Å². The van der Waals surface area contributed by atoms with Gasteiger partial charge in [-0.25, -0.2) is 0 Å². The molecular formula is C17H15N3O2. The van der Waals surface area contributed by atoms with Crippen molar-refractivity contribution in [2.24, 2.45) is 16.5 Å². The van der Waals surface area contributed by atoms with Crippen molar-refractivity contribution < 1.29 is 9.59 Å². The predicted molar refractivity (Wildman–Crippen MR) is 86.2 cm³/mol. The summed E-state index contributed by atoms with van der Waals surface area (Å²) in [5.41, 5.74) is 12.1. The summed E-state index contributed by atoms with van der Waals surface area (Å²) >= 11 is 0. The standard InChI is InChI=1S/C17H15N3O2/c18-17(19)20-15(21)10-9-12-5-4-8-14(11-12)16(22)13-6-2-1-3-7-13/h1-11H,(H4,18,19,20,21)/b10-9+. The smallest absolute Gasteiger partial charge is 0.272 e. The average molecular weight is 293 g/mol. The van der Waals surface area contributed by atoms with E-state index >= 15 is 0 Å². The summed E-state index contributed by atoms with van der Waals surface area (Å²) in [6.07, 6.45) is 2.79. The molecular weight excluding hydrogens is 278 g/mol. The number of ketones is 1. The fraction of sp³-hybridized carbons (Fsp3) is 0. The number of hydrogen-bond acceptors (Lipinski definition) is 2. The van der Waals surface area contributed by atoms with Crippen LogP contribution in [0.1, 0.15) is 21.5 Å². The minimum atomic E-state index is -0.556. The van der Waals surface area contributed by atoms with Crippen LogP contribution in [0.15, 0.2) is 65.7 Å². The average Bonchev–Trinajstić information content (AvgIpc) is 2.53. The summed E-state index contributed by atoms with van der Waals surface area (Å²) in [5.74, 6) is -0.922. The second-order valence-electron chi connectivity index (χ2n) is 4.53. The number of hydrogen-bond donors (Lipinski definition) is 2. The Morgan fingerprint density at radius 2 is 1.59 bits per heavy atom. The van der Waals surface area contributed by atoms with Crippen molar-refractivity contribution in [3.63, 3.8) is 0 Å². The minimum absolute atomic E-state index is 0.0774. The molecule has 0 radical (unpaired) electrons. The fourth-order valence-electron chi connectivity index (χ4n) is 1.87. The van der Waals surface area contributed by atoms with Crippen LogP contribution in [0, 0.1) is 0 Å². The van der Waals surface area contributed by atoms with Crippen molar-refractivity contribution in [2.75, 3.05) is 0 Å². The van der Waals surface area contributed by atoms with Crippen LogP contribution < -0.4 is 11.5 Å². The van der Waals surface area contributed by atoms with Gasteiger partial charge in [-0.1, -0.05) is 48.5 Å². The van der Waals surface area contributed by atoms with E-state index in [0.29, 0.717) is 16.7 Å². The maximum atomic E-state index is 12.3. The predicted octanol–water partition coefficient (Wildman–Crippen LogP) is 1.73. The number of nitrogens with zero attached hydrogens (tertiary/aromatic N) is 1. The van der Waals surface area contributed by atoms with Crippen LogP contribution in [0.4, 0.5) is 0 Å². The second-order valence-corrected chi connectivity index (χ2v) is 4.53. The van der Waals surface area contributed by atoms with E-state index in [2.05, 4.69) is 4.99 Å². The van der Waals surface area contributed by atoms with Crippen LogP contribution in [0.2, 0.25) is 0 Å². The second kappa shape index (κ2) is 6.99. The number of benzene rings is 2. The van der Waals surface area contributed by atoms with Gasteiger partial charge in [-0.05, 0) is 17.7 Å². The highest BCUT2D eigenvalue weighted by atomic mass is 16.1. The number of guanidine groups is 1. The van der Waals surface area contributed by atoms with E-state index < -0.39 is 5.91 Å². The maximum Gasteiger partial charge on any atom is 0.272 e. The Morgan fingerprint density at radius 1 is 0.909 bits per heavy atom. The minimum Gasteiger partial charge on any atom is -0.370 e. The third-order valence-corrected chi connectivity index (χ3v) is 2.84. The van der Waals surface area contributed by atoms with Crippen LogP contribution in [-0.4, -0.2) is 17.6 Å². The Labute approximate surface area is 128 Å². The zero-order chi connectivity index (χ0) is 15.9. The van der Waals surface area contributed by atoms with Gasteiger partial charge in [0.1, 0.15) is 0 Å². The molecule has 0 saturated carbocycles. The topological polar surface area (TPSA) is 98.5 Å². The van der Waals surface area contributed by atoms with Gasteiger partial charge >= 0.3 is 0 Å². The van der Waals surface area contributed by atoms with Gasteiger partial charge < -0.3 is 11.5 Å². The highest BCUT2D eigenvalue weighted by Crippen LogP contribution is 2.12. The lowest BCUT2D eigenvalue weighted by molar-refractivity contribution is -0.113. The summed E-state index contributed by atoms with van der Waals surface area (Å²) in [6.45, 7) is 0. The molecule has 1 amide bonds. The van der Waals surface area contributed by atoms with Gasteiger partial charge in [-0.2, -0.15) is 4.99 Å². The lowest BCUT2D eigenvalue weighted by Gasteiger charge is -2.02. The molecule has 2 rings (SSSR count). The Hall–Kier alpha value is -3.21. The summed E-state index contributed by atoms with van der Waals surface area (Å²) in [5, 5.41) is 0. The van der Waals surface area contributed by atoms with Crippen molar-refractivity contribution in [1.29, 1.82) is 0 Å². The van der Waals surface area contributed by atoms with Gasteiger partial charge in [0, 0.05) is 17.2 Å². The van der Waals surface area contributed by atoms with Crippen molar-refractivity contribution in [3.8, 4) is 0 Å². The molecule has 0 aliphatic heterocycles. The van der Waals surface area contributed by atoms with E-state index in [9.17, 15) is 9.59 Å². The van der Waals surface area contributed by atoms with Crippen LogP contribution >= 0.6 is 0 Å². The SMILES string of the molecule is NC(N)=NC(=O)/C=C/c1cccc(C(=O)c2ccccc2)c1. The third kappa shape index (κ3) is 4.14. The molecule has 0 atom stereocenters. The molecule has 0 bridgehead atoms. The Bertz CT molecular complexity index is 746. The molecule has 0 spiro atoms. The molecule has 0 unspecified atom stereocenters. The lowest BCUT2D eigenvalue weighted by atomic mass is 10.0. The van der Waals surface area contributed by atoms with Crippen molar-refractivity contribution in [3.05, 3.63) is 77.4 Å². The molecule has 0 fully saturated rings. The number of amides is 1. The van der Waals surface area contributed by atoms with E-state index in [0.717, 1.165) is 0 Å². The highest BCUT2D eigenvalue weighted by molar-refractivity contribution is 6.09. The first-order valence-corrected chi connectivity index (χ1v) is 6.58. The van der Waals surface area contributed by atoms with Crippen LogP contribution in [-0.2, 0) is 4.79 Å². The first-order chi connectivity index (χ1) is 10.6. The Balaban J connectivity index is 2.20. The van der Waals surface area contributed by atoms with Crippen molar-refractivity contribution in [1.82, 2.24) is 0 Å². The molecule has 2 aromatic rings. The van der Waals surface area contributed by atoms with Gasteiger partial charge in [0.25, 0.3) is 5.91 Å². The van der Waals surface area contributed by atoms with Crippen molar-refractivity contribution in [2.45, 2.75) is 0 Å². The number of rotatable bonds is 4. The first kappa shape index (κ1) is 15.2. The van der Waals surface area contributed by atoms with E-state index in [1.54, 1.807) is 42.5 Å². The molecule has 0 aromatic heterocycles. The first-order valence-electron chi connectivity index (χ1n) is 6.58. The van der Waals surface area contributed by atoms with Gasteiger partial charge in [0.05, 0.1) is 0 Å². The van der Waals surface area contributed by atoms with Crippen molar-refractivity contribution >= 4 is 23.7 Å². The summed E-state index contributed by atoms with van der Waals surface area (Å²) in [7, 11) is 0. The summed E-state index contributed by atoms with van der Waals surface area (Å²) < 4.78 is 0. The van der Waals surface area contributed by atoms with Gasteiger partial charge in [-0.3, -0.25) is 9.59 Å². The molecule has 110 valence electrons. The monoisotopic (exact) mass is 293 g/mol. The summed E-state index contributed by atoms with van der Waals surface area (Å²) in [6, 6.07) is 15.9. The molecule has 22 heavy (non-hydrogen) atoms. The van der Waals surface area contributed by atoms with E-state index in [1.807, 2.05) is 18.2 Å². The zero-order valence-corrected chi connectivity index (χ0v) is 11.8. The molecule has 0 heterocycles. The van der Waals surface area contributed by atoms with E-state index in [4.69, 9.17) is 11.5 Å². The molecule has 2 aromatic carbocycles. The molecule has 4 N–H and O–H groups in total. The number of carbonyl (C=O) groups is 2. The van der Waals surface area contributed by atoms with Crippen LogP contribution in [0.25, 0.3) is 6.08 Å². The number of aliphatic imine (C=N–C) groups is 1. The zero-order valence-electron chi connectivity index (χ0n) is 11.8. The van der Waals surface area contributed by atoms with E-state index in [1.165, 1.54) is 6.08 Å². The van der Waals surface area contributed by atoms with Gasteiger partial charge in [0.2, 0.25) is 0 Å². The molecule has 0 saturated heterocycles. The normalized spacial score (nSPS) is 10.4. The highest BCUT2D eigenvalue weighted by Gasteiger charge is 2.08. The quantitative estimate of drug-likeness (QED) is 0.388. The van der Waals surface area contributed by atoms with E-state index in [-0.39, 0.29) is 11.7 Å². The third-order valence-electron chi connectivity index (χ3n) is 2.84. The Morgan fingerprint density at radius 3 is 2.27 bits per heavy atom. The summed E-state index contributed by atoms with van der Waals surface area (Å²) in [4.78, 5) is 27.1. The Kier molecular flexibility index (Phi) is 4.82.